The number of hydrogen-bond acceptors (Lipinski definition) is 1. The van der Waals surface area contributed by atoms with Crippen molar-refractivity contribution in [3.63, 3.8) is 0 Å². The molecule has 0 amide bonds. The van der Waals surface area contributed by atoms with Crippen LogP contribution in [0.2, 0.25) is 19.1 Å². The molecule has 0 radical (unpaired) electrons. The predicted octanol–water partition coefficient (Wildman–Crippen LogP) is 2.41. The van der Waals surface area contributed by atoms with E-state index in [1.165, 1.54) is 0 Å². The summed E-state index contributed by atoms with van der Waals surface area (Å²) in [6, 6.07) is 1.13. The van der Waals surface area contributed by atoms with E-state index in [9.17, 15) is 0 Å². The first-order valence-corrected chi connectivity index (χ1v) is 6.60. The molecule has 0 aromatic rings. The van der Waals surface area contributed by atoms with Crippen LogP contribution in [0.15, 0.2) is 0 Å². The molecule has 0 unspecified atom stereocenters. The van der Waals surface area contributed by atoms with Gasteiger partial charge in [0, 0.05) is 5.69 Å². The highest BCUT2D eigenvalue weighted by Crippen LogP contribution is 2.14. The molecule has 0 aliphatic carbocycles. The molecule has 52 valence electrons. The minimum Gasteiger partial charge on any atom is -0.207 e. The highest BCUT2D eigenvalue weighted by molar-refractivity contribution is 6.84. The molecule has 0 aliphatic rings. The molecule has 0 saturated carbocycles. The Morgan fingerprint density at radius 2 is 1.89 bits per heavy atom. The first-order chi connectivity index (χ1) is 3.98. The van der Waals surface area contributed by atoms with Crippen LogP contribution in [-0.2, 0) is 0 Å². The van der Waals surface area contributed by atoms with E-state index < -0.39 is 8.07 Å². The van der Waals surface area contributed by atoms with E-state index in [0.717, 1.165) is 6.04 Å². The van der Waals surface area contributed by atoms with Crippen LogP contribution in [0.5, 0.6) is 0 Å². The van der Waals surface area contributed by atoms with Crippen molar-refractivity contribution in [2.24, 2.45) is 5.92 Å². The molecule has 9 heavy (non-hydrogen) atoms. The highest BCUT2D eigenvalue weighted by atomic mass is 28.3. The topological polar surface area (TPSA) is 23.8 Å². The van der Waals surface area contributed by atoms with Crippen LogP contribution in [0.1, 0.15) is 13.8 Å². The Morgan fingerprint density at radius 1 is 1.44 bits per heavy atom. The summed E-state index contributed by atoms with van der Waals surface area (Å²) < 4.78 is 0. The minimum atomic E-state index is -1.43. The Morgan fingerprint density at radius 3 is 2.00 bits per heavy atom. The molecule has 0 aromatic carbocycles. The number of nitrogens with zero attached hydrogens (tertiary/aromatic N) is 1. The molecule has 0 fully saturated rings. The zero-order valence-corrected chi connectivity index (χ0v) is 7.73. The second-order valence-electron chi connectivity index (χ2n) is 3.59. The second-order valence-corrected chi connectivity index (χ2v) is 7.99. The van der Waals surface area contributed by atoms with E-state index in [4.69, 9.17) is 5.26 Å². The Hall–Kier alpha value is -0.293. The Bertz CT molecular complexity index is 121. The molecule has 0 spiro atoms. The summed E-state index contributed by atoms with van der Waals surface area (Å²) >= 11 is 0. The molecule has 0 saturated heterocycles. The van der Waals surface area contributed by atoms with Crippen molar-refractivity contribution >= 4 is 8.07 Å². The van der Waals surface area contributed by atoms with Crippen molar-refractivity contribution in [2.75, 3.05) is 0 Å². The maximum Gasteiger partial charge on any atom is 0.167 e. The van der Waals surface area contributed by atoms with E-state index in [2.05, 4.69) is 32.6 Å². The fourth-order valence-corrected chi connectivity index (χ4v) is 3.20. The van der Waals surface area contributed by atoms with Gasteiger partial charge >= 0.3 is 0 Å². The van der Waals surface area contributed by atoms with Crippen LogP contribution in [-0.4, -0.2) is 8.07 Å². The molecule has 0 atom stereocenters. The summed E-state index contributed by atoms with van der Waals surface area (Å²) in [5.74, 6) is 0.686. The lowest BCUT2D eigenvalue weighted by atomic mass is 10.3. The normalized spacial score (nSPS) is 11.6. The van der Waals surface area contributed by atoms with Gasteiger partial charge in [-0.1, -0.05) is 26.9 Å². The molecule has 0 heterocycles. The molecule has 2 heteroatoms. The Kier molecular flexibility index (Phi) is 2.93. The maximum atomic E-state index is 8.65. The fraction of sp³-hybridized carbons (Fsp3) is 0.857. The van der Waals surface area contributed by atoms with Crippen molar-refractivity contribution in [2.45, 2.75) is 33.0 Å². The van der Waals surface area contributed by atoms with Crippen molar-refractivity contribution in [1.82, 2.24) is 0 Å². The van der Waals surface area contributed by atoms with Gasteiger partial charge in [-0.25, -0.2) is 5.26 Å². The maximum absolute atomic E-state index is 8.65. The summed E-state index contributed by atoms with van der Waals surface area (Å²) in [6.07, 6.45) is 0. The van der Waals surface area contributed by atoms with Crippen LogP contribution >= 0.6 is 0 Å². The quantitative estimate of drug-likeness (QED) is 0.542. The smallest absolute Gasteiger partial charge is 0.167 e. The van der Waals surface area contributed by atoms with E-state index in [1.54, 1.807) is 0 Å². The summed E-state index contributed by atoms with van der Waals surface area (Å²) in [7, 11) is -1.43. The van der Waals surface area contributed by atoms with Crippen LogP contribution in [0, 0.1) is 16.9 Å². The minimum absolute atomic E-state index is 0.686. The SMILES string of the molecule is CC(C)C[Si](C)(C)C#N. The lowest BCUT2D eigenvalue weighted by molar-refractivity contribution is 0.723. The molecular weight excluding hydrogens is 126 g/mol. The number of nitriles is 1. The van der Waals surface area contributed by atoms with Gasteiger partial charge in [-0.3, -0.25) is 0 Å². The Labute approximate surface area is 58.7 Å². The largest absolute Gasteiger partial charge is 0.207 e. The van der Waals surface area contributed by atoms with E-state index >= 15 is 0 Å². The molecule has 0 aromatic heterocycles. The Balaban J connectivity index is 3.76. The van der Waals surface area contributed by atoms with Crippen molar-refractivity contribution in [3.05, 3.63) is 0 Å². The highest BCUT2D eigenvalue weighted by Gasteiger charge is 2.21. The van der Waals surface area contributed by atoms with Crippen LogP contribution in [0.25, 0.3) is 0 Å². The van der Waals surface area contributed by atoms with Gasteiger partial charge in [0.25, 0.3) is 0 Å². The van der Waals surface area contributed by atoms with Gasteiger partial charge in [0.15, 0.2) is 8.07 Å². The van der Waals surface area contributed by atoms with E-state index in [-0.39, 0.29) is 0 Å². The molecule has 0 rings (SSSR count). The molecule has 0 bridgehead atoms. The lowest BCUT2D eigenvalue weighted by Crippen LogP contribution is -2.24. The van der Waals surface area contributed by atoms with Gasteiger partial charge in [0.05, 0.1) is 0 Å². The van der Waals surface area contributed by atoms with Crippen molar-refractivity contribution in [1.29, 1.82) is 5.26 Å². The summed E-state index contributed by atoms with van der Waals surface area (Å²) in [5.41, 5.74) is 2.41. The molecule has 0 aliphatic heterocycles. The summed E-state index contributed by atoms with van der Waals surface area (Å²) in [4.78, 5) is 0. The molecule has 0 N–H and O–H groups in total. The molecule has 1 nitrogen and oxygen atoms in total. The third kappa shape index (κ3) is 4.23. The van der Waals surface area contributed by atoms with E-state index in [0.29, 0.717) is 5.92 Å². The van der Waals surface area contributed by atoms with Gasteiger partial charge < -0.3 is 0 Å². The lowest BCUT2D eigenvalue weighted by Gasteiger charge is -2.13. The zero-order chi connectivity index (χ0) is 7.49. The van der Waals surface area contributed by atoms with Crippen LogP contribution in [0.4, 0.5) is 0 Å². The van der Waals surface area contributed by atoms with Crippen LogP contribution in [0.3, 0.4) is 0 Å². The number of hydrogen-bond donors (Lipinski definition) is 0. The van der Waals surface area contributed by atoms with Crippen LogP contribution < -0.4 is 0 Å². The third-order valence-electron chi connectivity index (χ3n) is 1.22. The summed E-state index contributed by atoms with van der Waals surface area (Å²) in [6.45, 7) is 8.58. The van der Waals surface area contributed by atoms with Crippen molar-refractivity contribution < 1.29 is 0 Å². The first-order valence-electron chi connectivity index (χ1n) is 3.39. The van der Waals surface area contributed by atoms with Gasteiger partial charge in [-0.05, 0) is 12.0 Å². The first kappa shape index (κ1) is 8.71. The second kappa shape index (κ2) is 3.02. The average molecular weight is 141 g/mol. The van der Waals surface area contributed by atoms with Crippen molar-refractivity contribution in [3.8, 4) is 5.69 Å². The predicted molar refractivity (Wildman–Crippen MR) is 42.7 cm³/mol. The monoisotopic (exact) mass is 141 g/mol. The third-order valence-corrected chi connectivity index (χ3v) is 3.66. The molecular formula is C7H15NSi. The zero-order valence-electron chi connectivity index (χ0n) is 6.73. The summed E-state index contributed by atoms with van der Waals surface area (Å²) in [5, 5.41) is 8.65. The van der Waals surface area contributed by atoms with Gasteiger partial charge in [-0.15, -0.1) is 0 Å². The van der Waals surface area contributed by atoms with E-state index in [1.807, 2.05) is 0 Å². The number of rotatable bonds is 2. The standard InChI is InChI=1S/C7H15NSi/c1-7(2)5-9(3,4)6-8/h7H,5H2,1-4H3. The average Bonchev–Trinajstić information content (AvgIpc) is 1.63. The van der Waals surface area contributed by atoms with Gasteiger partial charge in [0.2, 0.25) is 0 Å². The van der Waals surface area contributed by atoms with Gasteiger partial charge in [0.1, 0.15) is 0 Å². The fourth-order valence-electron chi connectivity index (χ4n) is 1.07. The van der Waals surface area contributed by atoms with Gasteiger partial charge in [-0.2, -0.15) is 0 Å².